The summed E-state index contributed by atoms with van der Waals surface area (Å²) in [5, 5.41) is 12.6. The molecule has 1 heterocycles. The van der Waals surface area contributed by atoms with Crippen LogP contribution in [0.5, 0.6) is 0 Å². The van der Waals surface area contributed by atoms with Crippen LogP contribution < -0.4 is 5.32 Å². The number of urea groups is 1. The molecule has 3 aromatic carbocycles. The molecule has 0 aromatic heterocycles. The zero-order valence-electron chi connectivity index (χ0n) is 28.1. The summed E-state index contributed by atoms with van der Waals surface area (Å²) in [5.74, 6) is -2.08. The number of hydrogen-bond acceptors (Lipinski definition) is 4. The molecule has 2 N–H and O–H groups in total. The van der Waals surface area contributed by atoms with Crippen molar-refractivity contribution < 1.29 is 24.3 Å². The molecule has 248 valence electrons. The van der Waals surface area contributed by atoms with Gasteiger partial charge in [-0.25, -0.2) is 9.69 Å². The second-order valence-corrected chi connectivity index (χ2v) is 13.2. The smallest absolute Gasteiger partial charge is 0.328 e. The molecule has 1 aliphatic heterocycles. The zero-order valence-corrected chi connectivity index (χ0v) is 28.1. The largest absolute Gasteiger partial charge is 0.481 e. The number of imide groups is 1. The van der Waals surface area contributed by atoms with Crippen molar-refractivity contribution in [2.45, 2.75) is 90.9 Å². The van der Waals surface area contributed by atoms with Crippen molar-refractivity contribution in [2.24, 2.45) is 5.92 Å². The highest BCUT2D eigenvalue weighted by atomic mass is 16.4. The number of nitrogens with one attached hydrogen (secondary N) is 1. The van der Waals surface area contributed by atoms with E-state index in [0.717, 1.165) is 46.4 Å². The third kappa shape index (κ3) is 8.97. The van der Waals surface area contributed by atoms with Crippen LogP contribution in [0.25, 0.3) is 12.2 Å². The van der Waals surface area contributed by atoms with E-state index in [1.54, 1.807) is 13.8 Å². The minimum atomic E-state index is -1.19. The zero-order chi connectivity index (χ0) is 34.1. The molecule has 2 atom stereocenters. The van der Waals surface area contributed by atoms with Gasteiger partial charge in [-0.2, -0.15) is 0 Å². The topological polar surface area (TPSA) is 107 Å². The summed E-state index contributed by atoms with van der Waals surface area (Å²) in [6.45, 7) is 9.56. The lowest BCUT2D eigenvalue weighted by atomic mass is 9.97. The van der Waals surface area contributed by atoms with Gasteiger partial charge in [-0.3, -0.25) is 14.4 Å². The van der Waals surface area contributed by atoms with Crippen LogP contribution in [0.2, 0.25) is 0 Å². The molecule has 0 aliphatic carbocycles. The van der Waals surface area contributed by atoms with Gasteiger partial charge in [0.1, 0.15) is 11.6 Å². The number of aryl methyl sites for hydroxylation is 1. The molecule has 1 aliphatic rings. The number of carbonyl (C=O) groups is 4. The maximum Gasteiger partial charge on any atom is 0.328 e. The van der Waals surface area contributed by atoms with E-state index in [0.29, 0.717) is 5.56 Å². The molecule has 8 nitrogen and oxygen atoms in total. The molecule has 1 fully saturated rings. The van der Waals surface area contributed by atoms with Gasteiger partial charge in [0.2, 0.25) is 5.91 Å². The Morgan fingerprint density at radius 1 is 0.872 bits per heavy atom. The maximum absolute atomic E-state index is 14.0. The van der Waals surface area contributed by atoms with Gasteiger partial charge in [0.05, 0.1) is 12.5 Å². The summed E-state index contributed by atoms with van der Waals surface area (Å²) >= 11 is 0. The average Bonchev–Trinajstić information content (AvgIpc) is 3.21. The third-order valence-corrected chi connectivity index (χ3v) is 8.65. The fourth-order valence-electron chi connectivity index (χ4n) is 5.85. The van der Waals surface area contributed by atoms with Crippen molar-refractivity contribution in [1.29, 1.82) is 0 Å². The number of amides is 4. The molecule has 0 bridgehead atoms. The van der Waals surface area contributed by atoms with Crippen LogP contribution in [-0.2, 0) is 27.3 Å². The molecule has 4 rings (SSSR count). The Hall–Kier alpha value is -4.72. The van der Waals surface area contributed by atoms with Crippen molar-refractivity contribution >= 4 is 36.0 Å². The SMILES string of the molecule is CCCCc1ccc(C(CC(=O)O)NC(=O)[C@H](CC(C)C)N2C(=O)N(Cc3ccc(C=Cc4ccccc4)cc3)C(C)(C)C2=O)cc1. The van der Waals surface area contributed by atoms with Crippen LogP contribution in [0.4, 0.5) is 4.79 Å². The summed E-state index contributed by atoms with van der Waals surface area (Å²) in [6.07, 6.45) is 7.00. The van der Waals surface area contributed by atoms with Crippen molar-refractivity contribution in [1.82, 2.24) is 15.1 Å². The second-order valence-electron chi connectivity index (χ2n) is 13.2. The lowest BCUT2D eigenvalue weighted by Gasteiger charge is -2.29. The van der Waals surface area contributed by atoms with E-state index in [2.05, 4.69) is 12.2 Å². The Balaban J connectivity index is 1.53. The number of carboxylic acids is 1. The fraction of sp³-hybridized carbons (Fsp3) is 0.385. The lowest BCUT2D eigenvalue weighted by molar-refractivity contribution is -0.140. The molecular formula is C39H47N3O5. The van der Waals surface area contributed by atoms with E-state index in [4.69, 9.17) is 0 Å². The highest BCUT2D eigenvalue weighted by Gasteiger charge is 2.54. The first-order valence-electron chi connectivity index (χ1n) is 16.5. The Labute approximate surface area is 278 Å². The predicted molar refractivity (Wildman–Crippen MR) is 185 cm³/mol. The Kier molecular flexibility index (Phi) is 11.8. The molecule has 4 amide bonds. The van der Waals surface area contributed by atoms with Crippen molar-refractivity contribution in [3.63, 3.8) is 0 Å². The molecule has 47 heavy (non-hydrogen) atoms. The van der Waals surface area contributed by atoms with Gasteiger partial charge in [-0.15, -0.1) is 0 Å². The van der Waals surface area contributed by atoms with E-state index < -0.39 is 41.4 Å². The second kappa shape index (κ2) is 15.7. The first-order chi connectivity index (χ1) is 22.4. The van der Waals surface area contributed by atoms with Gasteiger partial charge in [0.25, 0.3) is 5.91 Å². The Morgan fingerprint density at radius 2 is 1.47 bits per heavy atom. The number of nitrogens with zero attached hydrogens (tertiary/aromatic N) is 2. The highest BCUT2D eigenvalue weighted by molar-refractivity contribution is 6.09. The Bertz CT molecular complexity index is 1560. The quantitative estimate of drug-likeness (QED) is 0.133. The fourth-order valence-corrected chi connectivity index (χ4v) is 5.85. The number of aliphatic carboxylic acids is 1. The molecular weight excluding hydrogens is 590 g/mol. The van der Waals surface area contributed by atoms with Gasteiger partial charge >= 0.3 is 12.0 Å². The molecule has 0 saturated carbocycles. The van der Waals surface area contributed by atoms with Crippen LogP contribution >= 0.6 is 0 Å². The third-order valence-electron chi connectivity index (χ3n) is 8.65. The number of carbonyl (C=O) groups excluding carboxylic acids is 3. The number of hydrogen-bond donors (Lipinski definition) is 2. The monoisotopic (exact) mass is 637 g/mol. The molecule has 3 aromatic rings. The predicted octanol–water partition coefficient (Wildman–Crippen LogP) is 7.49. The minimum Gasteiger partial charge on any atom is -0.481 e. The first-order valence-corrected chi connectivity index (χ1v) is 16.5. The molecule has 0 radical (unpaired) electrons. The van der Waals surface area contributed by atoms with Gasteiger partial charge in [-0.1, -0.05) is 118 Å². The van der Waals surface area contributed by atoms with E-state index in [1.165, 1.54) is 4.90 Å². The highest BCUT2D eigenvalue weighted by Crippen LogP contribution is 2.33. The van der Waals surface area contributed by atoms with Crippen LogP contribution in [0.15, 0.2) is 78.9 Å². The van der Waals surface area contributed by atoms with E-state index in [1.807, 2.05) is 105 Å². The van der Waals surface area contributed by atoms with Crippen LogP contribution in [-0.4, -0.2) is 50.3 Å². The minimum absolute atomic E-state index is 0.0178. The number of benzene rings is 3. The Morgan fingerprint density at radius 3 is 2.04 bits per heavy atom. The van der Waals surface area contributed by atoms with Crippen LogP contribution in [0, 0.1) is 5.92 Å². The van der Waals surface area contributed by atoms with E-state index in [-0.39, 0.29) is 25.3 Å². The number of unbranched alkanes of at least 4 members (excludes halogenated alkanes) is 1. The summed E-state index contributed by atoms with van der Waals surface area (Å²) < 4.78 is 0. The molecule has 8 heteroatoms. The summed E-state index contributed by atoms with van der Waals surface area (Å²) in [4.78, 5) is 56.2. The summed E-state index contributed by atoms with van der Waals surface area (Å²) in [7, 11) is 0. The maximum atomic E-state index is 14.0. The van der Waals surface area contributed by atoms with Crippen molar-refractivity contribution in [3.8, 4) is 0 Å². The van der Waals surface area contributed by atoms with Crippen molar-refractivity contribution in [3.05, 3.63) is 107 Å². The van der Waals surface area contributed by atoms with Crippen molar-refractivity contribution in [2.75, 3.05) is 0 Å². The molecule has 1 unspecified atom stereocenters. The van der Waals surface area contributed by atoms with Gasteiger partial charge in [0.15, 0.2) is 0 Å². The standard InChI is InChI=1S/C39H47N3O5/c1-6-7-11-29-20-22-32(23-21-29)33(25-35(43)44)40-36(45)34(24-27(2)3)42-37(46)39(4,5)41(38(42)47)26-31-18-16-30(17-19-31)15-14-28-12-9-8-10-13-28/h8-10,12-23,27,33-34H,6-7,11,24-26H2,1-5H3,(H,40,45)(H,43,44)/t33?,34-/m0/s1. The van der Waals surface area contributed by atoms with E-state index >= 15 is 0 Å². The summed E-state index contributed by atoms with van der Waals surface area (Å²) in [6, 6.07) is 23.0. The molecule has 0 spiro atoms. The van der Waals surface area contributed by atoms with Crippen LogP contribution in [0.3, 0.4) is 0 Å². The molecule has 1 saturated heterocycles. The number of carboxylic acid groups (broad SMARTS) is 1. The van der Waals surface area contributed by atoms with Gasteiger partial charge in [0, 0.05) is 6.54 Å². The van der Waals surface area contributed by atoms with Crippen LogP contribution in [0.1, 0.15) is 94.2 Å². The average molecular weight is 638 g/mol. The number of rotatable bonds is 15. The first kappa shape index (κ1) is 35.1. The van der Waals surface area contributed by atoms with E-state index in [9.17, 15) is 24.3 Å². The normalized spacial score (nSPS) is 15.8. The van der Waals surface area contributed by atoms with Gasteiger partial charge in [-0.05, 0) is 66.8 Å². The summed E-state index contributed by atoms with van der Waals surface area (Å²) in [5.41, 5.74) is 3.56. The lowest BCUT2D eigenvalue weighted by Crippen LogP contribution is -2.52. The van der Waals surface area contributed by atoms with Gasteiger partial charge < -0.3 is 15.3 Å².